The van der Waals surface area contributed by atoms with E-state index in [-0.39, 0.29) is 5.56 Å². The molecule has 0 fully saturated rings. The lowest BCUT2D eigenvalue weighted by Gasteiger charge is -2.23. The van der Waals surface area contributed by atoms with Gasteiger partial charge in [-0.1, -0.05) is 18.2 Å². The summed E-state index contributed by atoms with van der Waals surface area (Å²) in [4.78, 5) is 29.9. The van der Waals surface area contributed by atoms with Crippen LogP contribution in [0.15, 0.2) is 64.8 Å². The van der Waals surface area contributed by atoms with E-state index in [9.17, 15) is 14.5 Å². The number of aliphatic hydroxyl groups excluding tert-OH is 1. The fourth-order valence-corrected chi connectivity index (χ4v) is 2.72. The summed E-state index contributed by atoms with van der Waals surface area (Å²) in [7, 11) is -4.73. The molecule has 1 amide bonds. The fraction of sp³-hybridized carbons (Fsp3) is 0.235. The molecule has 0 spiro atoms. The van der Waals surface area contributed by atoms with Gasteiger partial charge in [-0.3, -0.25) is 9.32 Å². The highest BCUT2D eigenvalue weighted by Gasteiger charge is 2.27. The van der Waals surface area contributed by atoms with Crippen LogP contribution in [0, 0.1) is 0 Å². The number of amides is 1. The molecule has 0 aliphatic heterocycles. The first-order valence-electron chi connectivity index (χ1n) is 8.01. The third kappa shape index (κ3) is 7.01. The van der Waals surface area contributed by atoms with Gasteiger partial charge in [0.25, 0.3) is 5.91 Å². The number of carbonyl (C=O) groups excluding carboxylic acids is 1. The quantitative estimate of drug-likeness (QED) is 0.401. The number of benzene rings is 2. The maximum atomic E-state index is 12.2. The van der Waals surface area contributed by atoms with E-state index in [0.29, 0.717) is 11.4 Å². The standard InChI is InChI=1S/C17H20N3O6P/c1-12(26-27(23,24)25)16(11-21)18-17(22)13-7-9-15(10-8-13)20-19-14-5-3-2-4-6-14/h2-10,12,16,21H,11H2,1H3,(H,18,22)(H2,23,24,25)/t12-,16-/m0/s1. The fourth-order valence-electron chi connectivity index (χ4n) is 2.14. The first-order valence-corrected chi connectivity index (χ1v) is 9.54. The van der Waals surface area contributed by atoms with Crippen molar-refractivity contribution in [2.24, 2.45) is 10.2 Å². The maximum absolute atomic E-state index is 12.2. The van der Waals surface area contributed by atoms with Crippen LogP contribution in [-0.2, 0) is 9.09 Å². The normalized spacial score (nSPS) is 14.1. The van der Waals surface area contributed by atoms with Crippen LogP contribution in [0.1, 0.15) is 17.3 Å². The van der Waals surface area contributed by atoms with Crippen LogP contribution in [0.4, 0.5) is 11.4 Å². The van der Waals surface area contributed by atoms with Crippen molar-refractivity contribution in [1.82, 2.24) is 5.32 Å². The number of phosphoric acid groups is 1. The molecule has 0 aliphatic rings. The molecule has 0 aromatic heterocycles. The third-order valence-electron chi connectivity index (χ3n) is 3.55. The highest BCUT2D eigenvalue weighted by atomic mass is 31.2. The second-order valence-electron chi connectivity index (χ2n) is 5.65. The number of nitrogens with zero attached hydrogens (tertiary/aromatic N) is 2. The molecule has 2 rings (SSSR count). The minimum Gasteiger partial charge on any atom is -0.394 e. The molecule has 0 saturated carbocycles. The number of aliphatic hydroxyl groups is 1. The van der Waals surface area contributed by atoms with Gasteiger partial charge in [0.1, 0.15) is 0 Å². The topological polar surface area (TPSA) is 141 Å². The zero-order valence-electron chi connectivity index (χ0n) is 14.5. The Morgan fingerprint density at radius 3 is 2.15 bits per heavy atom. The minimum absolute atomic E-state index is 0.287. The first kappa shape index (κ1) is 20.9. The lowest BCUT2D eigenvalue weighted by atomic mass is 10.1. The van der Waals surface area contributed by atoms with Crippen molar-refractivity contribution < 1.29 is 28.8 Å². The molecule has 2 aromatic carbocycles. The molecule has 0 heterocycles. The second kappa shape index (κ2) is 9.50. The average molecular weight is 393 g/mol. The van der Waals surface area contributed by atoms with Gasteiger partial charge in [0.05, 0.1) is 30.1 Å². The molecule has 10 heteroatoms. The van der Waals surface area contributed by atoms with Crippen LogP contribution >= 0.6 is 7.82 Å². The Morgan fingerprint density at radius 1 is 1.07 bits per heavy atom. The predicted molar refractivity (Wildman–Crippen MR) is 98.0 cm³/mol. The number of rotatable bonds is 8. The van der Waals surface area contributed by atoms with Crippen molar-refractivity contribution >= 4 is 25.1 Å². The summed E-state index contributed by atoms with van der Waals surface area (Å²) in [6.45, 7) is 0.795. The Bertz CT molecular complexity index is 822. The van der Waals surface area contributed by atoms with E-state index in [1.54, 1.807) is 24.3 Å². The molecule has 9 nitrogen and oxygen atoms in total. The molecular weight excluding hydrogens is 373 g/mol. The summed E-state index contributed by atoms with van der Waals surface area (Å²) in [5.41, 5.74) is 1.53. The monoisotopic (exact) mass is 393 g/mol. The minimum atomic E-state index is -4.73. The van der Waals surface area contributed by atoms with Gasteiger partial charge in [0.2, 0.25) is 0 Å². The van der Waals surface area contributed by atoms with Crippen LogP contribution in [-0.4, -0.2) is 39.6 Å². The lowest BCUT2D eigenvalue weighted by molar-refractivity contribution is 0.0710. The molecule has 0 aliphatic carbocycles. The van der Waals surface area contributed by atoms with Gasteiger partial charge in [-0.25, -0.2) is 4.57 Å². The number of carbonyl (C=O) groups is 1. The van der Waals surface area contributed by atoms with Gasteiger partial charge < -0.3 is 20.2 Å². The summed E-state index contributed by atoms with van der Waals surface area (Å²) in [6.07, 6.45) is -1.08. The van der Waals surface area contributed by atoms with Gasteiger partial charge in [-0.05, 0) is 43.3 Å². The summed E-state index contributed by atoms with van der Waals surface area (Å²) < 4.78 is 15.4. The molecule has 4 N–H and O–H groups in total. The Kier molecular flexibility index (Phi) is 7.35. The van der Waals surface area contributed by atoms with Gasteiger partial charge in [0.15, 0.2) is 0 Å². The predicted octanol–water partition coefficient (Wildman–Crippen LogP) is 2.69. The van der Waals surface area contributed by atoms with Gasteiger partial charge in [0, 0.05) is 5.56 Å². The smallest absolute Gasteiger partial charge is 0.394 e. The van der Waals surface area contributed by atoms with E-state index in [4.69, 9.17) is 9.79 Å². The highest BCUT2D eigenvalue weighted by molar-refractivity contribution is 7.46. The molecule has 0 saturated heterocycles. The van der Waals surface area contributed by atoms with Gasteiger partial charge >= 0.3 is 7.82 Å². The largest absolute Gasteiger partial charge is 0.469 e. The van der Waals surface area contributed by atoms with E-state index in [0.717, 1.165) is 0 Å². The Hall–Kier alpha value is -2.42. The Balaban J connectivity index is 2.00. The van der Waals surface area contributed by atoms with E-state index >= 15 is 0 Å². The average Bonchev–Trinajstić information content (AvgIpc) is 2.64. The van der Waals surface area contributed by atoms with Gasteiger partial charge in [-0.15, -0.1) is 0 Å². The van der Waals surface area contributed by atoms with Crippen molar-refractivity contribution in [2.45, 2.75) is 19.1 Å². The Morgan fingerprint density at radius 2 is 1.63 bits per heavy atom. The molecule has 27 heavy (non-hydrogen) atoms. The number of hydrogen-bond acceptors (Lipinski definition) is 6. The number of hydrogen-bond donors (Lipinski definition) is 4. The first-order chi connectivity index (χ1) is 12.8. The maximum Gasteiger partial charge on any atom is 0.469 e. The molecule has 144 valence electrons. The molecule has 2 atom stereocenters. The van der Waals surface area contributed by atoms with Crippen LogP contribution in [0.2, 0.25) is 0 Å². The van der Waals surface area contributed by atoms with E-state index in [1.807, 2.05) is 18.2 Å². The molecule has 0 unspecified atom stereocenters. The SMILES string of the molecule is C[C@H](OP(=O)(O)O)[C@H](CO)NC(=O)c1ccc(N=Nc2ccccc2)cc1. The highest BCUT2D eigenvalue weighted by Crippen LogP contribution is 2.38. The zero-order chi connectivity index (χ0) is 19.9. The number of nitrogens with one attached hydrogen (secondary N) is 1. The van der Waals surface area contributed by atoms with Crippen molar-refractivity contribution in [3.8, 4) is 0 Å². The van der Waals surface area contributed by atoms with Crippen molar-refractivity contribution in [1.29, 1.82) is 0 Å². The molecule has 2 aromatic rings. The summed E-state index contributed by atoms with van der Waals surface area (Å²) in [5.74, 6) is -0.526. The van der Waals surface area contributed by atoms with Crippen LogP contribution in [0.25, 0.3) is 0 Å². The van der Waals surface area contributed by atoms with Crippen molar-refractivity contribution in [3.63, 3.8) is 0 Å². The van der Waals surface area contributed by atoms with E-state index in [2.05, 4.69) is 20.1 Å². The van der Waals surface area contributed by atoms with Crippen LogP contribution in [0.3, 0.4) is 0 Å². The van der Waals surface area contributed by atoms with Crippen molar-refractivity contribution in [2.75, 3.05) is 6.61 Å². The molecule has 0 bridgehead atoms. The van der Waals surface area contributed by atoms with Gasteiger partial charge in [-0.2, -0.15) is 10.2 Å². The molecular formula is C17H20N3O6P. The number of azo groups is 1. The second-order valence-corrected chi connectivity index (χ2v) is 6.84. The molecule has 0 radical (unpaired) electrons. The van der Waals surface area contributed by atoms with Crippen molar-refractivity contribution in [3.05, 3.63) is 60.2 Å². The third-order valence-corrected chi connectivity index (χ3v) is 4.16. The zero-order valence-corrected chi connectivity index (χ0v) is 15.4. The lowest BCUT2D eigenvalue weighted by Crippen LogP contribution is -2.45. The van der Waals surface area contributed by atoms with E-state index < -0.39 is 32.5 Å². The van der Waals surface area contributed by atoms with Crippen LogP contribution in [0.5, 0.6) is 0 Å². The van der Waals surface area contributed by atoms with E-state index in [1.165, 1.54) is 19.1 Å². The summed E-state index contributed by atoms with van der Waals surface area (Å²) >= 11 is 0. The Labute approximate surface area is 156 Å². The van der Waals surface area contributed by atoms with Crippen LogP contribution < -0.4 is 5.32 Å². The summed E-state index contributed by atoms with van der Waals surface area (Å²) in [6, 6.07) is 14.4. The summed E-state index contributed by atoms with van der Waals surface area (Å²) in [5, 5.41) is 19.9. The number of phosphoric ester groups is 1.